The van der Waals surface area contributed by atoms with Gasteiger partial charge in [0.1, 0.15) is 6.20 Å². The largest absolute Gasteiger partial charge is 0.294 e. The van der Waals surface area contributed by atoms with Gasteiger partial charge in [-0.15, -0.1) is 0 Å². The number of hydrogen-bond donors (Lipinski definition) is 0. The topological polar surface area (TPSA) is 73.1 Å². The summed E-state index contributed by atoms with van der Waals surface area (Å²) in [6.45, 7) is 1.69. The number of Topliss-reactive ketones (excluding diaryl/α,β-unsaturated/α-hetero) is 1. The van der Waals surface area contributed by atoms with Crippen LogP contribution in [-0.4, -0.2) is 15.7 Å². The summed E-state index contributed by atoms with van der Waals surface area (Å²) in [6, 6.07) is 1.32. The van der Waals surface area contributed by atoms with Crippen LogP contribution < -0.4 is 0 Å². The van der Waals surface area contributed by atoms with Crippen LogP contribution in [0.4, 0.5) is 5.69 Å². The third kappa shape index (κ3) is 1.86. The van der Waals surface area contributed by atoms with Crippen molar-refractivity contribution in [2.75, 3.05) is 0 Å². The van der Waals surface area contributed by atoms with Crippen molar-refractivity contribution in [3.05, 3.63) is 33.6 Å². The summed E-state index contributed by atoms with van der Waals surface area (Å²) < 4.78 is 0. The van der Waals surface area contributed by atoms with E-state index in [1.807, 2.05) is 0 Å². The van der Waals surface area contributed by atoms with Crippen LogP contribution in [0.25, 0.3) is 0 Å². The summed E-state index contributed by atoms with van der Waals surface area (Å²) in [5.41, 5.74) is 0.841. The van der Waals surface area contributed by atoms with Crippen molar-refractivity contribution >= 4 is 11.5 Å². The van der Waals surface area contributed by atoms with E-state index in [-0.39, 0.29) is 17.4 Å². The van der Waals surface area contributed by atoms with Crippen molar-refractivity contribution in [2.45, 2.75) is 19.8 Å². The van der Waals surface area contributed by atoms with Crippen LogP contribution in [0.1, 0.15) is 28.9 Å². The summed E-state index contributed by atoms with van der Waals surface area (Å²) in [7, 11) is 0. The van der Waals surface area contributed by atoms with Gasteiger partial charge >= 0.3 is 0 Å². The molecule has 1 aliphatic carbocycles. The predicted molar refractivity (Wildman–Crippen MR) is 52.7 cm³/mol. The van der Waals surface area contributed by atoms with Gasteiger partial charge in [-0.1, -0.05) is 0 Å². The van der Waals surface area contributed by atoms with E-state index in [2.05, 4.69) is 4.98 Å². The highest BCUT2D eigenvalue weighted by Gasteiger charge is 2.32. The molecule has 1 aromatic rings. The molecule has 1 saturated carbocycles. The predicted octanol–water partition coefficient (Wildman–Crippen LogP) is 1.89. The van der Waals surface area contributed by atoms with Crippen LogP contribution in [0.15, 0.2) is 12.3 Å². The summed E-state index contributed by atoms with van der Waals surface area (Å²) in [5, 5.41) is 10.5. The second-order valence-electron chi connectivity index (χ2n) is 3.72. The molecule has 0 atom stereocenters. The molecule has 0 N–H and O–H groups in total. The van der Waals surface area contributed by atoms with E-state index < -0.39 is 4.92 Å². The molecule has 2 rings (SSSR count). The third-order valence-corrected chi connectivity index (χ3v) is 2.50. The third-order valence-electron chi connectivity index (χ3n) is 2.50. The lowest BCUT2D eigenvalue weighted by Gasteiger charge is -2.02. The maximum atomic E-state index is 11.7. The number of aromatic nitrogens is 1. The molecule has 5 nitrogen and oxygen atoms in total. The number of nitrogens with zero attached hydrogens (tertiary/aromatic N) is 2. The number of nitro groups is 1. The molecular formula is C10H10N2O3. The van der Waals surface area contributed by atoms with Gasteiger partial charge in [-0.3, -0.25) is 19.9 Å². The highest BCUT2D eigenvalue weighted by Crippen LogP contribution is 2.33. The molecule has 0 bridgehead atoms. The molecule has 0 radical (unpaired) electrons. The molecule has 1 aromatic heterocycles. The van der Waals surface area contributed by atoms with Crippen molar-refractivity contribution in [3.8, 4) is 0 Å². The van der Waals surface area contributed by atoms with Gasteiger partial charge in [0, 0.05) is 23.2 Å². The van der Waals surface area contributed by atoms with Gasteiger partial charge in [-0.05, 0) is 19.8 Å². The van der Waals surface area contributed by atoms with Gasteiger partial charge in [0.05, 0.1) is 4.92 Å². The van der Waals surface area contributed by atoms with Crippen molar-refractivity contribution in [1.82, 2.24) is 4.98 Å². The van der Waals surface area contributed by atoms with E-state index in [0.29, 0.717) is 11.3 Å². The van der Waals surface area contributed by atoms with Crippen LogP contribution >= 0.6 is 0 Å². The molecular weight excluding hydrogens is 196 g/mol. The highest BCUT2D eigenvalue weighted by atomic mass is 16.6. The second-order valence-corrected chi connectivity index (χ2v) is 3.72. The van der Waals surface area contributed by atoms with E-state index in [9.17, 15) is 14.9 Å². The summed E-state index contributed by atoms with van der Waals surface area (Å²) in [5.74, 6) is 0.0520. The Morgan fingerprint density at radius 3 is 2.80 bits per heavy atom. The number of rotatable bonds is 3. The number of aryl methyl sites for hydroxylation is 1. The Morgan fingerprint density at radius 2 is 2.27 bits per heavy atom. The lowest BCUT2D eigenvalue weighted by Crippen LogP contribution is -2.06. The molecule has 0 unspecified atom stereocenters. The lowest BCUT2D eigenvalue weighted by atomic mass is 10.1. The van der Waals surface area contributed by atoms with Gasteiger partial charge in [0.25, 0.3) is 5.69 Å². The van der Waals surface area contributed by atoms with Crippen LogP contribution in [0.5, 0.6) is 0 Å². The average Bonchev–Trinajstić information content (AvgIpc) is 3.00. The number of hydrogen-bond acceptors (Lipinski definition) is 4. The van der Waals surface area contributed by atoms with Crippen LogP contribution in [-0.2, 0) is 0 Å². The van der Waals surface area contributed by atoms with E-state index >= 15 is 0 Å². The first-order chi connectivity index (χ1) is 7.09. The molecule has 0 aliphatic heterocycles. The van der Waals surface area contributed by atoms with Gasteiger partial charge in [0.15, 0.2) is 5.78 Å². The normalized spacial score (nSPS) is 15.0. The average molecular weight is 206 g/mol. The Labute approximate surface area is 86.3 Å². The Hall–Kier alpha value is -1.78. The minimum atomic E-state index is -0.532. The molecule has 78 valence electrons. The molecule has 1 heterocycles. The zero-order valence-corrected chi connectivity index (χ0v) is 8.27. The molecule has 0 saturated heterocycles. The zero-order chi connectivity index (χ0) is 11.0. The van der Waals surface area contributed by atoms with Crippen molar-refractivity contribution in [1.29, 1.82) is 0 Å². The first kappa shape index (κ1) is 9.76. The lowest BCUT2D eigenvalue weighted by molar-refractivity contribution is -0.385. The van der Waals surface area contributed by atoms with Gasteiger partial charge in [-0.25, -0.2) is 0 Å². The van der Waals surface area contributed by atoms with Gasteiger partial charge in [0.2, 0.25) is 0 Å². The van der Waals surface area contributed by atoms with E-state index in [4.69, 9.17) is 0 Å². The second kappa shape index (κ2) is 3.42. The fourth-order valence-electron chi connectivity index (χ4n) is 1.44. The first-order valence-electron chi connectivity index (χ1n) is 4.75. The van der Waals surface area contributed by atoms with E-state index in [1.165, 1.54) is 12.3 Å². The Bertz CT molecular complexity index is 438. The molecule has 5 heteroatoms. The standard InChI is InChI=1S/C10H10N2O3/c1-6-9(10(13)7-2-3-7)4-8(5-11-6)12(14)15/h4-5,7H,2-3H2,1H3. The fourth-order valence-corrected chi connectivity index (χ4v) is 1.44. The monoisotopic (exact) mass is 206 g/mol. The Kier molecular flexibility index (Phi) is 2.22. The number of pyridine rings is 1. The van der Waals surface area contributed by atoms with Crippen molar-refractivity contribution in [3.63, 3.8) is 0 Å². The molecule has 1 fully saturated rings. The minimum absolute atomic E-state index is 0.0105. The SMILES string of the molecule is Cc1ncc([N+](=O)[O-])cc1C(=O)C1CC1. The quantitative estimate of drug-likeness (QED) is 0.430. The van der Waals surface area contributed by atoms with Crippen LogP contribution in [0, 0.1) is 23.0 Å². The number of carbonyl (C=O) groups excluding carboxylic acids is 1. The number of carbonyl (C=O) groups is 1. The Balaban J connectivity index is 2.39. The van der Waals surface area contributed by atoms with Crippen molar-refractivity contribution in [2.24, 2.45) is 5.92 Å². The summed E-state index contributed by atoms with van der Waals surface area (Å²) in [6.07, 6.45) is 2.96. The fraction of sp³-hybridized carbons (Fsp3) is 0.400. The maximum absolute atomic E-state index is 11.7. The zero-order valence-electron chi connectivity index (χ0n) is 8.27. The summed E-state index contributed by atoms with van der Waals surface area (Å²) in [4.78, 5) is 25.6. The molecule has 15 heavy (non-hydrogen) atoms. The molecule has 0 aromatic carbocycles. The van der Waals surface area contributed by atoms with Crippen LogP contribution in [0.3, 0.4) is 0 Å². The van der Waals surface area contributed by atoms with Crippen LogP contribution in [0.2, 0.25) is 0 Å². The minimum Gasteiger partial charge on any atom is -0.294 e. The van der Waals surface area contributed by atoms with Gasteiger partial charge < -0.3 is 0 Å². The first-order valence-corrected chi connectivity index (χ1v) is 4.75. The van der Waals surface area contributed by atoms with E-state index in [1.54, 1.807) is 6.92 Å². The number of ketones is 1. The van der Waals surface area contributed by atoms with Gasteiger partial charge in [-0.2, -0.15) is 0 Å². The van der Waals surface area contributed by atoms with Crippen molar-refractivity contribution < 1.29 is 9.72 Å². The van der Waals surface area contributed by atoms with E-state index in [0.717, 1.165) is 12.8 Å². The Morgan fingerprint density at radius 1 is 1.60 bits per heavy atom. The highest BCUT2D eigenvalue weighted by molar-refractivity contribution is 6.00. The molecule has 1 aliphatic rings. The smallest absolute Gasteiger partial charge is 0.288 e. The molecule has 0 amide bonds. The maximum Gasteiger partial charge on any atom is 0.288 e. The molecule has 0 spiro atoms. The summed E-state index contributed by atoms with van der Waals surface area (Å²) >= 11 is 0.